The van der Waals surface area contributed by atoms with Crippen molar-refractivity contribution in [1.29, 1.82) is 0 Å². The molecule has 0 bridgehead atoms. The number of hydrogen-bond acceptors (Lipinski definition) is 13. The third kappa shape index (κ3) is 7.11. The Morgan fingerprint density at radius 2 is 1.71 bits per heavy atom. The van der Waals surface area contributed by atoms with E-state index in [1.54, 1.807) is 24.3 Å². The van der Waals surface area contributed by atoms with Gasteiger partial charge in [-0.05, 0) is 37.6 Å². The van der Waals surface area contributed by atoms with E-state index < -0.39 is 36.7 Å². The van der Waals surface area contributed by atoms with Gasteiger partial charge in [0.05, 0.1) is 17.2 Å². The monoisotopic (exact) mass is 660 g/mol. The molecule has 0 radical (unpaired) electrons. The molecule has 5 rings (SSSR count). The fraction of sp³-hybridized carbons (Fsp3) is 0.333. The van der Waals surface area contributed by atoms with Gasteiger partial charge < -0.3 is 43.8 Å². The number of carboxylic acid groups (broad SMARTS) is 1. The second-order valence-corrected chi connectivity index (χ2v) is 11.5. The lowest BCUT2D eigenvalue weighted by Crippen LogP contribution is -2.61. The number of rotatable bonds is 12. The number of halogens is 1. The smallest absolute Gasteiger partial charge is 0.335 e. The summed E-state index contributed by atoms with van der Waals surface area (Å²) in [5.74, 6) is -0.987. The minimum absolute atomic E-state index is 0.00956. The van der Waals surface area contributed by atoms with E-state index in [2.05, 4.69) is 10.2 Å². The van der Waals surface area contributed by atoms with E-state index in [4.69, 9.17) is 35.0 Å². The van der Waals surface area contributed by atoms with E-state index in [-0.39, 0.29) is 46.9 Å². The van der Waals surface area contributed by atoms with E-state index >= 15 is 0 Å². The van der Waals surface area contributed by atoms with Gasteiger partial charge in [0.15, 0.2) is 34.1 Å². The maximum atomic E-state index is 13.3. The number of ether oxygens (including phenoxy) is 4. The van der Waals surface area contributed by atoms with Crippen LogP contribution >= 0.6 is 22.9 Å². The van der Waals surface area contributed by atoms with Crippen molar-refractivity contribution < 1.29 is 53.4 Å². The molecule has 0 spiro atoms. The van der Waals surface area contributed by atoms with Gasteiger partial charge in [-0.15, -0.1) is 10.2 Å². The molecule has 0 saturated carbocycles. The molecule has 4 aromatic rings. The Balaban J connectivity index is 1.30. The molecule has 5 atom stereocenters. The molecule has 13 nitrogen and oxygen atoms in total. The van der Waals surface area contributed by atoms with Gasteiger partial charge in [-0.2, -0.15) is 0 Å². The summed E-state index contributed by atoms with van der Waals surface area (Å²) in [5.41, 5.74) is 1.35. The summed E-state index contributed by atoms with van der Waals surface area (Å²) in [5, 5.41) is 49.5. The predicted octanol–water partition coefficient (Wildman–Crippen LogP) is 3.43. The average molecular weight is 661 g/mol. The molecular weight excluding hydrogens is 632 g/mol. The lowest BCUT2D eigenvalue weighted by Gasteiger charge is -2.38. The molecular formula is C30H29ClN2O11S. The van der Waals surface area contributed by atoms with Gasteiger partial charge in [0.1, 0.15) is 35.7 Å². The number of carbonyl (C=O) groups is 2. The fourth-order valence-electron chi connectivity index (χ4n) is 4.63. The van der Waals surface area contributed by atoms with Crippen LogP contribution in [-0.2, 0) is 22.6 Å². The number of aromatic nitrogens is 2. The molecule has 1 saturated heterocycles. The Morgan fingerprint density at radius 3 is 2.40 bits per heavy atom. The largest absolute Gasteiger partial charge is 0.493 e. The second-order valence-electron chi connectivity index (χ2n) is 9.92. The summed E-state index contributed by atoms with van der Waals surface area (Å²) in [4.78, 5) is 24.8. The summed E-state index contributed by atoms with van der Waals surface area (Å²) in [6.45, 7) is 3.90. The van der Waals surface area contributed by atoms with Crippen LogP contribution < -0.4 is 14.2 Å². The van der Waals surface area contributed by atoms with Crippen molar-refractivity contribution in [2.75, 3.05) is 6.61 Å². The van der Waals surface area contributed by atoms with Gasteiger partial charge in [0.2, 0.25) is 12.1 Å². The zero-order chi connectivity index (χ0) is 32.2. The van der Waals surface area contributed by atoms with Gasteiger partial charge in [0, 0.05) is 12.5 Å². The topological polar surface area (TPSA) is 191 Å². The van der Waals surface area contributed by atoms with E-state index in [1.807, 2.05) is 19.9 Å². The van der Waals surface area contributed by atoms with Crippen LogP contribution in [0.25, 0.3) is 10.6 Å². The molecule has 1 fully saturated rings. The fourth-order valence-corrected chi connectivity index (χ4v) is 5.60. The van der Waals surface area contributed by atoms with Crippen molar-refractivity contribution in [3.8, 4) is 27.8 Å². The Kier molecular flexibility index (Phi) is 10.0. The van der Waals surface area contributed by atoms with Crippen molar-refractivity contribution >= 4 is 34.7 Å². The number of para-hydroxylation sites is 2. The van der Waals surface area contributed by atoms with Gasteiger partial charge in [0.25, 0.3) is 0 Å². The van der Waals surface area contributed by atoms with E-state index in [9.17, 15) is 30.0 Å². The molecule has 1 aliphatic rings. The number of carbonyl (C=O) groups excluding carboxylic acids is 1. The van der Waals surface area contributed by atoms with E-state index in [1.165, 1.54) is 29.5 Å². The molecule has 2 aromatic heterocycles. The molecule has 2 aromatic carbocycles. The number of aliphatic carboxylic acids is 1. The summed E-state index contributed by atoms with van der Waals surface area (Å²) >= 11 is 7.78. The lowest BCUT2D eigenvalue weighted by atomic mass is 9.99. The minimum atomic E-state index is -1.87. The highest BCUT2D eigenvalue weighted by atomic mass is 35.5. The Bertz CT molecular complexity index is 1680. The first-order valence-electron chi connectivity index (χ1n) is 13.7. The minimum Gasteiger partial charge on any atom is -0.493 e. The highest BCUT2D eigenvalue weighted by Gasteiger charge is 2.48. The maximum absolute atomic E-state index is 13.3. The van der Waals surface area contributed by atoms with Crippen LogP contribution in [0.2, 0.25) is 5.02 Å². The highest BCUT2D eigenvalue weighted by molar-refractivity contribution is 7.14. The average Bonchev–Trinajstić information content (AvgIpc) is 3.61. The Morgan fingerprint density at radius 1 is 0.978 bits per heavy atom. The van der Waals surface area contributed by atoms with Crippen LogP contribution in [0.4, 0.5) is 0 Å². The molecule has 0 aliphatic carbocycles. The summed E-state index contributed by atoms with van der Waals surface area (Å²) in [6.07, 6.45) is -8.97. The van der Waals surface area contributed by atoms with Crippen molar-refractivity contribution in [2.45, 2.75) is 57.6 Å². The third-order valence-corrected chi connectivity index (χ3v) is 7.98. The Labute approximate surface area is 265 Å². The molecule has 3 heterocycles. The van der Waals surface area contributed by atoms with Gasteiger partial charge in [-0.3, -0.25) is 4.79 Å². The number of ketones is 1. The summed E-state index contributed by atoms with van der Waals surface area (Å²) in [7, 11) is 0. The maximum Gasteiger partial charge on any atom is 0.335 e. The number of carboxylic acids is 1. The van der Waals surface area contributed by atoms with Crippen molar-refractivity contribution in [3.63, 3.8) is 0 Å². The zero-order valence-corrected chi connectivity index (χ0v) is 25.5. The first kappa shape index (κ1) is 32.3. The molecule has 45 heavy (non-hydrogen) atoms. The molecule has 15 heteroatoms. The first-order valence-corrected chi connectivity index (χ1v) is 14.9. The zero-order valence-electron chi connectivity index (χ0n) is 24.0. The van der Waals surface area contributed by atoms with Crippen LogP contribution in [0.5, 0.6) is 17.2 Å². The van der Waals surface area contributed by atoms with Crippen LogP contribution in [0.3, 0.4) is 0 Å². The Hall–Kier alpha value is -4.05. The quantitative estimate of drug-likeness (QED) is 0.162. The number of benzene rings is 2. The van der Waals surface area contributed by atoms with E-state index in [0.717, 1.165) is 5.01 Å². The van der Waals surface area contributed by atoms with Crippen molar-refractivity contribution in [3.05, 3.63) is 75.6 Å². The molecule has 5 unspecified atom stereocenters. The van der Waals surface area contributed by atoms with E-state index in [0.29, 0.717) is 28.5 Å². The lowest BCUT2D eigenvalue weighted by molar-refractivity contribution is -0.271. The van der Waals surface area contributed by atoms with Crippen LogP contribution in [0, 0.1) is 6.92 Å². The third-order valence-electron chi connectivity index (χ3n) is 6.80. The first-order chi connectivity index (χ1) is 21.6. The molecule has 1 aliphatic heterocycles. The van der Waals surface area contributed by atoms with Crippen LogP contribution in [0.1, 0.15) is 33.8 Å². The summed E-state index contributed by atoms with van der Waals surface area (Å²) < 4.78 is 28.2. The van der Waals surface area contributed by atoms with Crippen LogP contribution in [-0.4, -0.2) is 79.7 Å². The van der Waals surface area contributed by atoms with Gasteiger partial charge in [-0.1, -0.05) is 47.2 Å². The van der Waals surface area contributed by atoms with Crippen LogP contribution in [0.15, 0.2) is 52.9 Å². The number of Topliss-reactive ketones (excluding diaryl/α,β-unsaturated/α-hetero) is 1. The molecule has 238 valence electrons. The normalized spacial score (nSPS) is 21.3. The second kappa shape index (κ2) is 13.9. The standard InChI is InChI=1S/C30H29ClN2O11S/c1-3-40-20-10-6-7-15(23(20)28-33-32-14(2)45-28)11-17(34)21-12-16(31)22(42-21)13-41-18-8-4-5-9-19(18)43-30-26(37)24(35)25(36)27(44-30)29(38)39/h4-10,12,24-27,30,35-37H,3,11,13H2,1-2H3,(H,38,39). The number of aryl methyl sites for hydroxylation is 1. The van der Waals surface area contributed by atoms with Gasteiger partial charge in [-0.25, -0.2) is 4.79 Å². The SMILES string of the molecule is CCOc1cccc(CC(=O)c2cc(Cl)c(COc3ccccc3OC3OC(C(=O)O)C(O)C(O)C3O)o2)c1-c1nnc(C)s1. The number of furan rings is 1. The molecule has 4 N–H and O–H groups in total. The number of hydrogen-bond donors (Lipinski definition) is 4. The highest BCUT2D eigenvalue weighted by Crippen LogP contribution is 2.37. The number of aliphatic hydroxyl groups is 3. The summed E-state index contributed by atoms with van der Waals surface area (Å²) in [6, 6.07) is 13.0. The number of aliphatic hydroxyl groups excluding tert-OH is 3. The predicted molar refractivity (Wildman–Crippen MR) is 159 cm³/mol. The number of nitrogens with zero attached hydrogens (tertiary/aromatic N) is 2. The molecule has 0 amide bonds. The van der Waals surface area contributed by atoms with Crippen molar-refractivity contribution in [2.24, 2.45) is 0 Å². The van der Waals surface area contributed by atoms with Gasteiger partial charge >= 0.3 is 5.97 Å². The van der Waals surface area contributed by atoms with Crippen molar-refractivity contribution in [1.82, 2.24) is 10.2 Å².